The van der Waals surface area contributed by atoms with Crippen LogP contribution in [0.4, 0.5) is 0 Å². The zero-order valence-electron chi connectivity index (χ0n) is 17.2. The number of hydrogen-bond donors (Lipinski definition) is 1. The average Bonchev–Trinajstić information content (AvgIpc) is 2.67. The first-order valence-electron chi connectivity index (χ1n) is 10.3. The molecular formula is C24H34O2Si. The van der Waals surface area contributed by atoms with Gasteiger partial charge in [-0.1, -0.05) is 88.4 Å². The van der Waals surface area contributed by atoms with Gasteiger partial charge in [0.05, 0.1) is 0 Å². The van der Waals surface area contributed by atoms with Crippen molar-refractivity contribution in [2.45, 2.75) is 58.1 Å². The van der Waals surface area contributed by atoms with Crippen molar-refractivity contribution >= 4 is 18.7 Å². The number of rotatable bonds is 5. The van der Waals surface area contributed by atoms with E-state index in [1.807, 2.05) is 0 Å². The summed E-state index contributed by atoms with van der Waals surface area (Å²) in [6.45, 7) is 9.61. The van der Waals surface area contributed by atoms with Crippen molar-refractivity contribution in [3.05, 3.63) is 60.7 Å². The highest BCUT2D eigenvalue weighted by atomic mass is 28.4. The van der Waals surface area contributed by atoms with Crippen molar-refractivity contribution in [2.24, 2.45) is 11.8 Å². The lowest BCUT2D eigenvalue weighted by Gasteiger charge is -2.47. The Balaban J connectivity index is 2.07. The van der Waals surface area contributed by atoms with Crippen LogP contribution in [0.2, 0.25) is 5.04 Å². The number of hydrogen-bond acceptors (Lipinski definition) is 2. The van der Waals surface area contributed by atoms with Gasteiger partial charge in [-0.3, -0.25) is 0 Å². The van der Waals surface area contributed by atoms with E-state index in [4.69, 9.17) is 4.43 Å². The van der Waals surface area contributed by atoms with Gasteiger partial charge in [0.1, 0.15) is 0 Å². The summed E-state index contributed by atoms with van der Waals surface area (Å²) < 4.78 is 7.28. The molecule has 3 atom stereocenters. The first kappa shape index (κ1) is 20.3. The van der Waals surface area contributed by atoms with Crippen LogP contribution in [0.3, 0.4) is 0 Å². The predicted molar refractivity (Wildman–Crippen MR) is 116 cm³/mol. The van der Waals surface area contributed by atoms with Gasteiger partial charge in [-0.05, 0) is 46.5 Å². The van der Waals surface area contributed by atoms with Crippen LogP contribution in [0.15, 0.2) is 60.7 Å². The summed E-state index contributed by atoms with van der Waals surface area (Å²) in [6.07, 6.45) is 3.40. The van der Waals surface area contributed by atoms with Crippen LogP contribution >= 0.6 is 0 Å². The Morgan fingerprint density at radius 2 is 1.44 bits per heavy atom. The van der Waals surface area contributed by atoms with Gasteiger partial charge in [0, 0.05) is 12.7 Å². The Morgan fingerprint density at radius 1 is 0.926 bits per heavy atom. The van der Waals surface area contributed by atoms with Gasteiger partial charge in [-0.2, -0.15) is 0 Å². The smallest absolute Gasteiger partial charge is 0.261 e. The van der Waals surface area contributed by atoms with Gasteiger partial charge >= 0.3 is 0 Å². The van der Waals surface area contributed by atoms with E-state index < -0.39 is 8.32 Å². The number of aliphatic hydroxyl groups excluding tert-OH is 1. The molecule has 1 aliphatic carbocycles. The van der Waals surface area contributed by atoms with Crippen LogP contribution in [-0.4, -0.2) is 26.1 Å². The second kappa shape index (κ2) is 8.30. The Hall–Kier alpha value is -1.42. The van der Waals surface area contributed by atoms with E-state index in [1.165, 1.54) is 10.4 Å². The van der Waals surface area contributed by atoms with Crippen LogP contribution < -0.4 is 10.4 Å². The number of aliphatic hydroxyl groups is 1. The lowest BCUT2D eigenvalue weighted by Crippen LogP contribution is -2.68. The number of benzene rings is 2. The minimum absolute atomic E-state index is 0.0171. The van der Waals surface area contributed by atoms with Crippen molar-refractivity contribution in [1.29, 1.82) is 0 Å². The molecule has 1 fully saturated rings. The van der Waals surface area contributed by atoms with Crippen molar-refractivity contribution in [3.63, 3.8) is 0 Å². The first-order chi connectivity index (χ1) is 12.9. The largest absolute Gasteiger partial charge is 0.404 e. The van der Waals surface area contributed by atoms with Crippen LogP contribution in [0.5, 0.6) is 0 Å². The molecule has 0 radical (unpaired) electrons. The Bertz CT molecular complexity index is 669. The van der Waals surface area contributed by atoms with E-state index in [0.29, 0.717) is 18.4 Å². The van der Waals surface area contributed by atoms with E-state index >= 15 is 0 Å². The molecule has 3 rings (SSSR count). The molecule has 1 N–H and O–H groups in total. The molecule has 0 saturated heterocycles. The fraction of sp³-hybridized carbons (Fsp3) is 0.500. The lowest BCUT2D eigenvalue weighted by atomic mass is 9.81. The van der Waals surface area contributed by atoms with Crippen molar-refractivity contribution in [1.82, 2.24) is 0 Å². The third-order valence-corrected chi connectivity index (χ3v) is 11.3. The molecule has 27 heavy (non-hydrogen) atoms. The SMILES string of the molecule is C[C@@H]1C[C@@H](CO)CC[C@H]1O[Si](c1ccccc1)(c1ccccc1)C(C)(C)C. The minimum atomic E-state index is -2.47. The molecule has 3 heteroatoms. The van der Waals surface area contributed by atoms with Crippen LogP contribution in [-0.2, 0) is 4.43 Å². The maximum atomic E-state index is 9.58. The van der Waals surface area contributed by atoms with Crippen LogP contribution in [0, 0.1) is 11.8 Å². The molecule has 2 aromatic rings. The molecule has 1 saturated carbocycles. The van der Waals surface area contributed by atoms with E-state index in [0.717, 1.165) is 19.3 Å². The molecular weight excluding hydrogens is 348 g/mol. The maximum absolute atomic E-state index is 9.58. The van der Waals surface area contributed by atoms with Gasteiger partial charge in [0.15, 0.2) is 0 Å². The average molecular weight is 383 g/mol. The summed E-state index contributed by atoms with van der Waals surface area (Å²) in [5.74, 6) is 0.900. The van der Waals surface area contributed by atoms with Gasteiger partial charge < -0.3 is 9.53 Å². The fourth-order valence-electron chi connectivity index (χ4n) is 4.74. The monoisotopic (exact) mass is 382 g/mol. The van der Waals surface area contributed by atoms with Crippen molar-refractivity contribution < 1.29 is 9.53 Å². The van der Waals surface area contributed by atoms with E-state index in [-0.39, 0.29) is 11.1 Å². The fourth-order valence-corrected chi connectivity index (χ4v) is 9.56. The minimum Gasteiger partial charge on any atom is -0.404 e. The van der Waals surface area contributed by atoms with E-state index in [2.05, 4.69) is 88.4 Å². The van der Waals surface area contributed by atoms with Crippen LogP contribution in [0.1, 0.15) is 47.0 Å². The highest BCUT2D eigenvalue weighted by Gasteiger charge is 2.52. The molecule has 1 aliphatic rings. The summed E-state index contributed by atoms with van der Waals surface area (Å²) in [5, 5.41) is 12.3. The van der Waals surface area contributed by atoms with Crippen molar-refractivity contribution in [3.8, 4) is 0 Å². The molecule has 2 nitrogen and oxygen atoms in total. The normalized spacial score (nSPS) is 24.0. The summed E-state index contributed by atoms with van der Waals surface area (Å²) in [6, 6.07) is 21.8. The second-order valence-electron chi connectivity index (χ2n) is 9.16. The first-order valence-corrected chi connectivity index (χ1v) is 12.2. The molecule has 0 aliphatic heterocycles. The topological polar surface area (TPSA) is 29.5 Å². The maximum Gasteiger partial charge on any atom is 0.261 e. The molecule has 0 unspecified atom stereocenters. The summed E-state index contributed by atoms with van der Waals surface area (Å²) in [7, 11) is -2.47. The molecule has 0 aromatic heterocycles. The molecule has 0 heterocycles. The standard InChI is InChI=1S/C24H34O2Si/c1-19-17-20(18-25)15-16-23(19)26-27(24(2,3)4,21-11-7-5-8-12-21)22-13-9-6-10-14-22/h5-14,19-20,23,25H,15-18H2,1-4H3/t19-,20+,23-/m1/s1. The molecule has 0 amide bonds. The third-order valence-electron chi connectivity index (χ3n) is 6.20. The zero-order chi connectivity index (χ0) is 19.5. The second-order valence-corrected chi connectivity index (χ2v) is 13.4. The van der Waals surface area contributed by atoms with E-state index in [9.17, 15) is 5.11 Å². The highest BCUT2D eigenvalue weighted by molar-refractivity contribution is 6.99. The van der Waals surface area contributed by atoms with Crippen molar-refractivity contribution in [2.75, 3.05) is 6.61 Å². The quantitative estimate of drug-likeness (QED) is 0.779. The Kier molecular flexibility index (Phi) is 6.24. The molecule has 0 spiro atoms. The van der Waals surface area contributed by atoms with Gasteiger partial charge in [-0.25, -0.2) is 0 Å². The highest BCUT2D eigenvalue weighted by Crippen LogP contribution is 2.41. The summed E-state index contributed by atoms with van der Waals surface area (Å²) in [4.78, 5) is 0. The lowest BCUT2D eigenvalue weighted by molar-refractivity contribution is 0.0520. The zero-order valence-corrected chi connectivity index (χ0v) is 18.2. The Morgan fingerprint density at radius 3 is 1.85 bits per heavy atom. The van der Waals surface area contributed by atoms with Gasteiger partial charge in [0.25, 0.3) is 8.32 Å². The van der Waals surface area contributed by atoms with E-state index in [1.54, 1.807) is 0 Å². The van der Waals surface area contributed by atoms with Gasteiger partial charge in [-0.15, -0.1) is 0 Å². The van der Waals surface area contributed by atoms with Gasteiger partial charge in [0.2, 0.25) is 0 Å². The summed E-state index contributed by atoms with van der Waals surface area (Å²) in [5.41, 5.74) is 0. The molecule has 2 aromatic carbocycles. The predicted octanol–water partition coefficient (Wildman–Crippen LogP) is 4.36. The van der Waals surface area contributed by atoms with Crippen LogP contribution in [0.25, 0.3) is 0 Å². The molecule has 0 bridgehead atoms. The Labute approximate surface area is 165 Å². The summed E-state index contributed by atoms with van der Waals surface area (Å²) >= 11 is 0. The molecule has 146 valence electrons. The third kappa shape index (κ3) is 4.06.